The minimum atomic E-state index is -0.0153. The summed E-state index contributed by atoms with van der Waals surface area (Å²) in [5, 5.41) is 8.16. The Hall–Kier alpha value is -1.81. The average Bonchev–Trinajstić information content (AvgIpc) is 3.23. The number of guanidine groups is 1. The Morgan fingerprint density at radius 2 is 1.93 bits per heavy atom. The summed E-state index contributed by atoms with van der Waals surface area (Å²) in [6.07, 6.45) is 0.795. The molecule has 1 aromatic heterocycles. The van der Waals surface area contributed by atoms with Crippen LogP contribution < -0.4 is 15.4 Å². The number of carbonyl (C=O) groups excluding carboxylic acids is 1. The smallest absolute Gasteiger partial charge is 0.261 e. The van der Waals surface area contributed by atoms with E-state index in [2.05, 4.69) is 39.6 Å². The third-order valence-corrected chi connectivity index (χ3v) is 4.85. The van der Waals surface area contributed by atoms with E-state index in [-0.39, 0.29) is 29.9 Å². The van der Waals surface area contributed by atoms with Gasteiger partial charge >= 0.3 is 0 Å². The molecule has 0 radical (unpaired) electrons. The highest BCUT2D eigenvalue weighted by Crippen LogP contribution is 2.13. The molecule has 0 aliphatic rings. The van der Waals surface area contributed by atoms with E-state index >= 15 is 0 Å². The average molecular weight is 530 g/mol. The number of nitrogens with one attached hydrogen (secondary N) is 2. The van der Waals surface area contributed by atoms with Crippen molar-refractivity contribution in [3.63, 3.8) is 0 Å². The molecule has 160 valence electrons. The summed E-state index contributed by atoms with van der Waals surface area (Å²) in [5.74, 6) is 1.73. The highest BCUT2D eigenvalue weighted by molar-refractivity contribution is 14.0. The number of halogens is 1. The van der Waals surface area contributed by atoms with Crippen LogP contribution in [0.2, 0.25) is 0 Å². The summed E-state index contributed by atoms with van der Waals surface area (Å²) >= 11 is 1.45. The SMILES string of the molecule is CCNC(=NCCCNC(=O)c1cccs1)N(C)Cc1ccc(OCC)cc1.I. The van der Waals surface area contributed by atoms with Crippen LogP contribution in [0.15, 0.2) is 46.8 Å². The number of aliphatic imine (C=N–C) groups is 1. The van der Waals surface area contributed by atoms with E-state index in [9.17, 15) is 4.79 Å². The van der Waals surface area contributed by atoms with Crippen LogP contribution in [0, 0.1) is 0 Å². The Bertz CT molecular complexity index is 736. The molecule has 0 atom stereocenters. The van der Waals surface area contributed by atoms with Crippen molar-refractivity contribution >= 4 is 47.2 Å². The molecule has 2 aromatic rings. The molecule has 1 amide bonds. The molecule has 0 bridgehead atoms. The van der Waals surface area contributed by atoms with Gasteiger partial charge in [0.1, 0.15) is 5.75 Å². The van der Waals surface area contributed by atoms with E-state index in [1.54, 1.807) is 0 Å². The van der Waals surface area contributed by atoms with Crippen molar-refractivity contribution in [1.82, 2.24) is 15.5 Å². The van der Waals surface area contributed by atoms with Gasteiger partial charge in [0, 0.05) is 33.2 Å². The second kappa shape index (κ2) is 14.2. The lowest BCUT2D eigenvalue weighted by atomic mass is 10.2. The van der Waals surface area contributed by atoms with Gasteiger partial charge in [-0.15, -0.1) is 35.3 Å². The number of hydrogen-bond acceptors (Lipinski definition) is 4. The fourth-order valence-corrected chi connectivity index (χ4v) is 3.28. The van der Waals surface area contributed by atoms with Gasteiger partial charge in [0.2, 0.25) is 0 Å². The summed E-state index contributed by atoms with van der Waals surface area (Å²) in [5.41, 5.74) is 1.19. The second-order valence-corrected chi connectivity index (χ2v) is 7.20. The summed E-state index contributed by atoms with van der Waals surface area (Å²) in [6.45, 7) is 7.54. The second-order valence-electron chi connectivity index (χ2n) is 6.26. The molecule has 1 heterocycles. The first-order chi connectivity index (χ1) is 13.6. The molecule has 0 unspecified atom stereocenters. The van der Waals surface area contributed by atoms with Crippen LogP contribution in [0.25, 0.3) is 0 Å². The zero-order chi connectivity index (χ0) is 20.2. The number of ether oxygens (including phenoxy) is 1. The minimum Gasteiger partial charge on any atom is -0.494 e. The predicted octanol–water partition coefficient (Wildman–Crippen LogP) is 3.98. The number of carbonyl (C=O) groups is 1. The van der Waals surface area contributed by atoms with Crippen molar-refractivity contribution in [1.29, 1.82) is 0 Å². The summed E-state index contributed by atoms with van der Waals surface area (Å²) in [6, 6.07) is 11.8. The Labute approximate surface area is 194 Å². The normalized spacial score (nSPS) is 10.8. The number of amides is 1. The van der Waals surface area contributed by atoms with Crippen LogP contribution in [-0.2, 0) is 6.54 Å². The van der Waals surface area contributed by atoms with E-state index in [1.165, 1.54) is 16.9 Å². The van der Waals surface area contributed by atoms with Gasteiger partial charge in [0.05, 0.1) is 11.5 Å². The molecule has 2 rings (SSSR count). The van der Waals surface area contributed by atoms with Gasteiger partial charge in [-0.2, -0.15) is 0 Å². The molecule has 6 nitrogen and oxygen atoms in total. The summed E-state index contributed by atoms with van der Waals surface area (Å²) in [4.78, 5) is 19.4. The predicted molar refractivity (Wildman–Crippen MR) is 132 cm³/mol. The highest BCUT2D eigenvalue weighted by Gasteiger charge is 2.07. The van der Waals surface area contributed by atoms with Gasteiger partial charge in [-0.3, -0.25) is 9.79 Å². The Kier molecular flexibility index (Phi) is 12.4. The molecule has 0 aliphatic carbocycles. The summed E-state index contributed by atoms with van der Waals surface area (Å²) in [7, 11) is 2.02. The van der Waals surface area contributed by atoms with Gasteiger partial charge < -0.3 is 20.3 Å². The van der Waals surface area contributed by atoms with Crippen molar-refractivity contribution in [3.8, 4) is 5.75 Å². The fourth-order valence-electron chi connectivity index (χ4n) is 2.64. The summed E-state index contributed by atoms with van der Waals surface area (Å²) < 4.78 is 5.49. The molecular formula is C21H31IN4O2S. The molecule has 0 fully saturated rings. The molecule has 0 saturated heterocycles. The van der Waals surface area contributed by atoms with Crippen molar-refractivity contribution in [2.24, 2.45) is 4.99 Å². The number of benzene rings is 1. The van der Waals surface area contributed by atoms with Gasteiger partial charge in [-0.1, -0.05) is 18.2 Å². The third kappa shape index (κ3) is 9.03. The molecule has 0 spiro atoms. The molecule has 0 saturated carbocycles. The Balaban J connectivity index is 0.00000420. The van der Waals surface area contributed by atoms with E-state index in [4.69, 9.17) is 4.74 Å². The van der Waals surface area contributed by atoms with Crippen molar-refractivity contribution in [2.45, 2.75) is 26.8 Å². The molecular weight excluding hydrogens is 499 g/mol. The van der Waals surface area contributed by atoms with Crippen LogP contribution in [0.5, 0.6) is 5.75 Å². The maximum atomic E-state index is 11.9. The maximum absolute atomic E-state index is 11.9. The standard InChI is InChI=1S/C21H30N4O2S.HI/c1-4-22-21(24-14-7-13-23-20(26)19-8-6-15-28-19)25(3)16-17-9-11-18(12-10-17)27-5-2;/h6,8-12,15H,4-5,7,13-14,16H2,1-3H3,(H,22,24)(H,23,26);1H. The van der Waals surface area contributed by atoms with Gasteiger partial charge in [-0.05, 0) is 49.4 Å². The zero-order valence-corrected chi connectivity index (χ0v) is 20.5. The lowest BCUT2D eigenvalue weighted by Crippen LogP contribution is -2.38. The Morgan fingerprint density at radius 3 is 2.55 bits per heavy atom. The minimum absolute atomic E-state index is 0. The lowest BCUT2D eigenvalue weighted by molar-refractivity contribution is 0.0957. The topological polar surface area (TPSA) is 66.0 Å². The Morgan fingerprint density at radius 1 is 1.17 bits per heavy atom. The first-order valence-corrected chi connectivity index (χ1v) is 10.5. The highest BCUT2D eigenvalue weighted by atomic mass is 127. The molecule has 8 heteroatoms. The number of nitrogens with zero attached hydrogens (tertiary/aromatic N) is 2. The molecule has 0 aliphatic heterocycles. The van der Waals surface area contributed by atoms with Crippen LogP contribution in [0.4, 0.5) is 0 Å². The first kappa shape index (κ1) is 25.2. The monoisotopic (exact) mass is 530 g/mol. The van der Waals surface area contributed by atoms with Crippen LogP contribution >= 0.6 is 35.3 Å². The van der Waals surface area contributed by atoms with Crippen molar-refractivity contribution in [3.05, 3.63) is 52.2 Å². The quantitative estimate of drug-likeness (QED) is 0.211. The van der Waals surface area contributed by atoms with Crippen molar-refractivity contribution in [2.75, 3.05) is 33.3 Å². The van der Waals surface area contributed by atoms with Crippen LogP contribution in [-0.4, -0.2) is 50.1 Å². The first-order valence-electron chi connectivity index (χ1n) is 9.67. The molecule has 29 heavy (non-hydrogen) atoms. The number of rotatable bonds is 10. The maximum Gasteiger partial charge on any atom is 0.261 e. The molecule has 2 N–H and O–H groups in total. The fraction of sp³-hybridized carbons (Fsp3) is 0.429. The van der Waals surface area contributed by atoms with E-state index < -0.39 is 0 Å². The van der Waals surface area contributed by atoms with Crippen LogP contribution in [0.1, 0.15) is 35.5 Å². The molecule has 1 aromatic carbocycles. The number of thiophene rings is 1. The third-order valence-electron chi connectivity index (χ3n) is 3.98. The van der Waals surface area contributed by atoms with Crippen LogP contribution in [0.3, 0.4) is 0 Å². The zero-order valence-electron chi connectivity index (χ0n) is 17.3. The van der Waals surface area contributed by atoms with Crippen molar-refractivity contribution < 1.29 is 9.53 Å². The van der Waals surface area contributed by atoms with E-state index in [1.807, 2.05) is 43.6 Å². The number of hydrogen-bond donors (Lipinski definition) is 2. The van der Waals surface area contributed by atoms with Gasteiger partial charge in [0.25, 0.3) is 5.91 Å². The van der Waals surface area contributed by atoms with Gasteiger partial charge in [0.15, 0.2) is 5.96 Å². The van der Waals surface area contributed by atoms with E-state index in [0.717, 1.165) is 36.1 Å². The largest absolute Gasteiger partial charge is 0.494 e. The van der Waals surface area contributed by atoms with E-state index in [0.29, 0.717) is 19.7 Å². The van der Waals surface area contributed by atoms with Gasteiger partial charge in [-0.25, -0.2) is 0 Å². The lowest BCUT2D eigenvalue weighted by Gasteiger charge is -2.22.